The molecule has 0 aromatic heterocycles. The average Bonchev–Trinajstić information content (AvgIpc) is 3.15. The summed E-state index contributed by atoms with van der Waals surface area (Å²) in [5, 5.41) is 8.89. The largest absolute Gasteiger partial charge is 0.466 e. The van der Waals surface area contributed by atoms with Gasteiger partial charge in [0.25, 0.3) is 11.8 Å². The van der Waals surface area contributed by atoms with E-state index in [4.69, 9.17) is 10.5 Å². The topological polar surface area (TPSA) is 123 Å². The van der Waals surface area contributed by atoms with Crippen molar-refractivity contribution in [3.63, 3.8) is 0 Å². The summed E-state index contributed by atoms with van der Waals surface area (Å²) in [5.41, 5.74) is 11.3. The quantitative estimate of drug-likeness (QED) is 0.318. The molecule has 5 N–H and O–H groups in total. The van der Waals surface area contributed by atoms with Gasteiger partial charge in [0.1, 0.15) is 0 Å². The molecule has 0 saturated heterocycles. The number of nitrogens with one attached hydrogen (secondary N) is 3. The van der Waals surface area contributed by atoms with Crippen molar-refractivity contribution in [2.75, 3.05) is 23.5 Å². The number of nitrogens with two attached hydrogens (primary N) is 1. The lowest BCUT2D eigenvalue weighted by atomic mass is 9.93. The van der Waals surface area contributed by atoms with Gasteiger partial charge in [-0.15, -0.1) is 0 Å². The van der Waals surface area contributed by atoms with Crippen LogP contribution in [0.5, 0.6) is 0 Å². The summed E-state index contributed by atoms with van der Waals surface area (Å²) < 4.78 is 4.82. The zero-order valence-corrected chi connectivity index (χ0v) is 18.3. The first-order valence-corrected chi connectivity index (χ1v) is 10.4. The number of nitrogen functional groups attached to an aromatic ring is 1. The van der Waals surface area contributed by atoms with E-state index >= 15 is 0 Å². The Morgan fingerprint density at radius 2 is 1.76 bits per heavy atom. The number of amides is 2. The molecule has 8 heteroatoms. The molecule has 0 saturated carbocycles. The van der Waals surface area contributed by atoms with Gasteiger partial charge in [0.2, 0.25) is 0 Å². The number of rotatable bonds is 5. The van der Waals surface area contributed by atoms with E-state index in [2.05, 4.69) is 16.0 Å². The van der Waals surface area contributed by atoms with Gasteiger partial charge in [-0.25, -0.2) is 4.79 Å². The zero-order chi connectivity index (χ0) is 23.5. The van der Waals surface area contributed by atoms with Crippen LogP contribution in [0.15, 0.2) is 82.7 Å². The molecule has 0 fully saturated rings. The van der Waals surface area contributed by atoms with Gasteiger partial charge in [-0.05, 0) is 62.2 Å². The number of benzene rings is 2. The summed E-state index contributed by atoms with van der Waals surface area (Å²) in [6.45, 7) is 1.80. The fraction of sp³-hybridized carbons (Fsp3) is 0.160. The minimum atomic E-state index is -0.392. The number of esters is 1. The predicted octanol–water partition coefficient (Wildman–Crippen LogP) is 3.48. The van der Waals surface area contributed by atoms with E-state index in [1.807, 2.05) is 0 Å². The number of ether oxygens (including phenoxy) is 1. The van der Waals surface area contributed by atoms with Crippen LogP contribution in [-0.2, 0) is 14.3 Å². The van der Waals surface area contributed by atoms with Crippen molar-refractivity contribution in [2.45, 2.75) is 19.8 Å². The molecule has 8 nitrogen and oxygen atoms in total. The van der Waals surface area contributed by atoms with Gasteiger partial charge in [-0.2, -0.15) is 0 Å². The minimum absolute atomic E-state index is 0.219. The van der Waals surface area contributed by atoms with Crippen LogP contribution in [0, 0.1) is 0 Å². The third-order valence-corrected chi connectivity index (χ3v) is 5.56. The Balaban J connectivity index is 1.52. The lowest BCUT2D eigenvalue weighted by Gasteiger charge is -2.15. The average molecular weight is 444 g/mol. The number of methoxy groups -OCH3 is 1. The van der Waals surface area contributed by atoms with Gasteiger partial charge >= 0.3 is 5.97 Å². The molecule has 2 aliphatic rings. The van der Waals surface area contributed by atoms with Crippen molar-refractivity contribution in [2.24, 2.45) is 0 Å². The highest BCUT2D eigenvalue weighted by Gasteiger charge is 2.31. The van der Waals surface area contributed by atoms with Crippen LogP contribution in [0.2, 0.25) is 0 Å². The Kier molecular flexibility index (Phi) is 5.99. The first-order chi connectivity index (χ1) is 15.9. The van der Waals surface area contributed by atoms with E-state index in [-0.39, 0.29) is 11.8 Å². The highest BCUT2D eigenvalue weighted by atomic mass is 16.5. The van der Waals surface area contributed by atoms with Crippen molar-refractivity contribution < 1.29 is 19.1 Å². The van der Waals surface area contributed by atoms with E-state index in [0.717, 1.165) is 5.70 Å². The lowest BCUT2D eigenvalue weighted by molar-refractivity contribution is -0.136. The third-order valence-electron chi connectivity index (χ3n) is 5.56. The number of anilines is 3. The van der Waals surface area contributed by atoms with Crippen LogP contribution in [0.3, 0.4) is 0 Å². The van der Waals surface area contributed by atoms with Crippen LogP contribution in [0.25, 0.3) is 0 Å². The molecular weight excluding hydrogens is 420 g/mol. The molecule has 0 spiro atoms. The summed E-state index contributed by atoms with van der Waals surface area (Å²) in [5.74, 6) is -0.886. The number of hydrogen-bond acceptors (Lipinski definition) is 6. The van der Waals surface area contributed by atoms with E-state index in [1.54, 1.807) is 61.5 Å². The second-order valence-corrected chi connectivity index (χ2v) is 7.75. The SMILES string of the molecule is COC(=O)C1=CC2=C(CC1)NC(=O)/C2=C(/C)Nc1ccc(C(=O)Nc2ccccc2N)cc1. The molecule has 0 bridgehead atoms. The first-order valence-electron chi connectivity index (χ1n) is 10.4. The van der Waals surface area contributed by atoms with Crippen molar-refractivity contribution >= 4 is 34.8 Å². The summed E-state index contributed by atoms with van der Waals surface area (Å²) in [7, 11) is 1.34. The normalized spacial score (nSPS) is 16.4. The van der Waals surface area contributed by atoms with Crippen molar-refractivity contribution in [1.82, 2.24) is 5.32 Å². The van der Waals surface area contributed by atoms with E-state index in [0.29, 0.717) is 57.9 Å². The fourth-order valence-corrected chi connectivity index (χ4v) is 3.86. The Morgan fingerprint density at radius 1 is 1.03 bits per heavy atom. The monoisotopic (exact) mass is 444 g/mol. The van der Waals surface area contributed by atoms with E-state index in [1.165, 1.54) is 7.11 Å². The van der Waals surface area contributed by atoms with Crippen LogP contribution in [-0.4, -0.2) is 24.9 Å². The minimum Gasteiger partial charge on any atom is -0.466 e. The van der Waals surface area contributed by atoms with Gasteiger partial charge in [-0.3, -0.25) is 9.59 Å². The summed E-state index contributed by atoms with van der Waals surface area (Å²) in [4.78, 5) is 37.1. The second-order valence-electron chi connectivity index (χ2n) is 7.75. The molecule has 2 aromatic carbocycles. The number of hydrogen-bond donors (Lipinski definition) is 4. The molecular formula is C25H24N4O4. The smallest absolute Gasteiger partial charge is 0.333 e. The van der Waals surface area contributed by atoms with Crippen molar-refractivity contribution in [1.29, 1.82) is 0 Å². The molecule has 0 unspecified atom stereocenters. The molecule has 1 aliphatic carbocycles. The number of allylic oxidation sites excluding steroid dienone is 3. The van der Waals surface area contributed by atoms with E-state index < -0.39 is 5.97 Å². The van der Waals surface area contributed by atoms with Crippen LogP contribution in [0.4, 0.5) is 17.1 Å². The number of para-hydroxylation sites is 2. The molecule has 2 amide bonds. The molecule has 0 atom stereocenters. The Morgan fingerprint density at radius 3 is 2.45 bits per heavy atom. The maximum atomic E-state index is 12.6. The van der Waals surface area contributed by atoms with Gasteiger partial charge < -0.3 is 26.4 Å². The molecule has 4 rings (SSSR count). The number of carbonyl (C=O) groups excluding carboxylic acids is 3. The Labute approximate surface area is 191 Å². The van der Waals surface area contributed by atoms with Crippen molar-refractivity contribution in [3.8, 4) is 0 Å². The van der Waals surface area contributed by atoms with Crippen LogP contribution >= 0.6 is 0 Å². The van der Waals surface area contributed by atoms with Crippen molar-refractivity contribution in [3.05, 3.63) is 88.3 Å². The highest BCUT2D eigenvalue weighted by molar-refractivity contribution is 6.07. The van der Waals surface area contributed by atoms with Gasteiger partial charge in [0.15, 0.2) is 0 Å². The molecule has 1 heterocycles. The van der Waals surface area contributed by atoms with Gasteiger partial charge in [0, 0.05) is 33.8 Å². The first kappa shape index (κ1) is 21.9. The maximum absolute atomic E-state index is 12.6. The third kappa shape index (κ3) is 4.50. The summed E-state index contributed by atoms with van der Waals surface area (Å²) in [6, 6.07) is 13.9. The molecule has 33 heavy (non-hydrogen) atoms. The van der Waals surface area contributed by atoms with Crippen LogP contribution in [0.1, 0.15) is 30.1 Å². The molecule has 0 radical (unpaired) electrons. The fourth-order valence-electron chi connectivity index (χ4n) is 3.86. The highest BCUT2D eigenvalue weighted by Crippen LogP contribution is 2.34. The van der Waals surface area contributed by atoms with Crippen LogP contribution < -0.4 is 21.7 Å². The zero-order valence-electron chi connectivity index (χ0n) is 18.3. The van der Waals surface area contributed by atoms with Gasteiger partial charge in [-0.1, -0.05) is 12.1 Å². The van der Waals surface area contributed by atoms with Gasteiger partial charge in [0.05, 0.1) is 24.1 Å². The standard InChI is InChI=1S/C25H24N4O4/c1-14(22-18-13-16(25(32)33-2)9-12-20(18)28-24(22)31)27-17-10-7-15(8-11-17)23(30)29-21-6-4-3-5-19(21)26/h3-8,10-11,13,27H,9,12,26H2,1-2H3,(H,28,31)(H,29,30)/b22-14-. The molecule has 2 aromatic rings. The Bertz CT molecular complexity index is 1240. The lowest BCUT2D eigenvalue weighted by Crippen LogP contribution is -2.18. The van der Waals surface area contributed by atoms with E-state index in [9.17, 15) is 14.4 Å². The number of carbonyl (C=O) groups is 3. The Hall–Kier alpha value is -4.33. The molecule has 1 aliphatic heterocycles. The predicted molar refractivity (Wildman–Crippen MR) is 126 cm³/mol. The summed E-state index contributed by atoms with van der Waals surface area (Å²) in [6.07, 6.45) is 2.80. The molecule has 168 valence electrons. The maximum Gasteiger partial charge on any atom is 0.333 e. The second kappa shape index (κ2) is 9.04. The summed E-state index contributed by atoms with van der Waals surface area (Å²) >= 11 is 0.